The summed E-state index contributed by atoms with van der Waals surface area (Å²) in [4.78, 5) is 12.5. The van der Waals surface area contributed by atoms with Crippen LogP contribution >= 0.6 is 0 Å². The maximum absolute atomic E-state index is 12.5. The van der Waals surface area contributed by atoms with Crippen LogP contribution in [0.15, 0.2) is 0 Å². The van der Waals surface area contributed by atoms with Gasteiger partial charge in [0.15, 0.2) is 0 Å². The zero-order valence-electron chi connectivity index (χ0n) is 13.5. The van der Waals surface area contributed by atoms with Gasteiger partial charge in [0.05, 0.1) is 0 Å². The van der Waals surface area contributed by atoms with Crippen LogP contribution in [0.3, 0.4) is 0 Å². The molecule has 110 valence electrons. The molecule has 1 saturated carbocycles. The van der Waals surface area contributed by atoms with Gasteiger partial charge in [-0.3, -0.25) is 4.79 Å². The normalized spacial score (nSPS) is 41.7. The van der Waals surface area contributed by atoms with Crippen LogP contribution in [0, 0.1) is 28.6 Å². The number of nitrogens with one attached hydrogen (secondary N) is 1. The lowest BCUT2D eigenvalue weighted by molar-refractivity contribution is -0.130. The van der Waals surface area contributed by atoms with Gasteiger partial charge >= 0.3 is 0 Å². The number of carbonyl (C=O) groups is 1. The van der Waals surface area contributed by atoms with E-state index in [4.69, 9.17) is 0 Å². The summed E-state index contributed by atoms with van der Waals surface area (Å²) in [5, 5.41) is 3.38. The molecule has 2 nitrogen and oxygen atoms in total. The third-order valence-corrected chi connectivity index (χ3v) is 5.44. The third-order valence-electron chi connectivity index (χ3n) is 5.44. The van der Waals surface area contributed by atoms with Crippen LogP contribution in [0.25, 0.3) is 0 Å². The molecule has 2 aliphatic rings. The fourth-order valence-corrected chi connectivity index (χ4v) is 4.81. The molecule has 0 aromatic rings. The lowest BCUT2D eigenvalue weighted by Crippen LogP contribution is -2.44. The molecule has 4 atom stereocenters. The Morgan fingerprint density at radius 2 is 1.58 bits per heavy atom. The molecule has 2 heteroatoms. The smallest absolute Gasteiger partial charge is 0.225 e. The number of fused-ring (bicyclic) bond motifs is 1. The number of carbonyl (C=O) groups excluding carboxylic acids is 1. The fraction of sp³-hybridized carbons (Fsp3) is 0.941. The number of amides is 1. The Labute approximate surface area is 118 Å². The number of rotatable bonds is 0. The highest BCUT2D eigenvalue weighted by atomic mass is 16.2. The number of hydrogen-bond acceptors (Lipinski definition) is 1. The predicted molar refractivity (Wildman–Crippen MR) is 79.8 cm³/mol. The van der Waals surface area contributed by atoms with Crippen molar-refractivity contribution in [3.05, 3.63) is 0 Å². The van der Waals surface area contributed by atoms with Crippen LogP contribution in [0.5, 0.6) is 0 Å². The van der Waals surface area contributed by atoms with E-state index in [1.54, 1.807) is 0 Å². The molecule has 1 heterocycles. The maximum atomic E-state index is 12.5. The second-order valence-corrected chi connectivity index (χ2v) is 8.65. The lowest BCUT2D eigenvalue weighted by Gasteiger charge is -2.39. The van der Waals surface area contributed by atoms with E-state index in [1.165, 1.54) is 12.8 Å². The molecule has 0 radical (unpaired) electrons. The van der Waals surface area contributed by atoms with Crippen LogP contribution in [0.2, 0.25) is 0 Å². The van der Waals surface area contributed by atoms with Gasteiger partial charge in [0.2, 0.25) is 5.91 Å². The second-order valence-electron chi connectivity index (χ2n) is 8.65. The first-order valence-electron chi connectivity index (χ1n) is 7.93. The predicted octanol–water partition coefficient (Wildman–Crippen LogP) is 4.00. The summed E-state index contributed by atoms with van der Waals surface area (Å²) in [6.45, 7) is 13.7. The zero-order valence-corrected chi connectivity index (χ0v) is 13.5. The molecule has 19 heavy (non-hydrogen) atoms. The molecule has 0 aromatic heterocycles. The van der Waals surface area contributed by atoms with Crippen molar-refractivity contribution in [1.82, 2.24) is 5.32 Å². The van der Waals surface area contributed by atoms with E-state index in [0.29, 0.717) is 12.0 Å². The average molecular weight is 265 g/mol. The molecule has 1 amide bonds. The van der Waals surface area contributed by atoms with Gasteiger partial charge in [-0.15, -0.1) is 0 Å². The Morgan fingerprint density at radius 3 is 2.21 bits per heavy atom. The minimum Gasteiger partial charge on any atom is -0.353 e. The van der Waals surface area contributed by atoms with Crippen molar-refractivity contribution in [1.29, 1.82) is 0 Å². The van der Waals surface area contributed by atoms with E-state index in [9.17, 15) is 4.79 Å². The molecule has 2 fully saturated rings. The summed E-state index contributed by atoms with van der Waals surface area (Å²) in [7, 11) is 0. The molecule has 1 N–H and O–H groups in total. The molecule has 1 aliphatic heterocycles. The largest absolute Gasteiger partial charge is 0.353 e. The summed E-state index contributed by atoms with van der Waals surface area (Å²) in [5.74, 6) is 2.39. The van der Waals surface area contributed by atoms with Gasteiger partial charge in [0.25, 0.3) is 0 Å². The van der Waals surface area contributed by atoms with Crippen molar-refractivity contribution in [3.8, 4) is 0 Å². The molecular weight excluding hydrogens is 234 g/mol. The van der Waals surface area contributed by atoms with E-state index in [-0.39, 0.29) is 16.7 Å². The van der Waals surface area contributed by atoms with E-state index >= 15 is 0 Å². The Hall–Kier alpha value is -0.530. The van der Waals surface area contributed by atoms with Crippen molar-refractivity contribution < 1.29 is 4.79 Å². The minimum absolute atomic E-state index is 0.234. The van der Waals surface area contributed by atoms with Gasteiger partial charge in [-0.1, -0.05) is 41.5 Å². The highest BCUT2D eigenvalue weighted by Gasteiger charge is 2.47. The standard InChI is InChI=1S/C17H31NO/c1-11-7-12(2)9-14-13(8-11)16(3,4)10-17(5,6)15(19)18-14/h11-14H,7-10H2,1-6H3,(H,18,19). The molecule has 0 spiro atoms. The zero-order chi connectivity index (χ0) is 14.4. The van der Waals surface area contributed by atoms with Crippen LogP contribution in [-0.2, 0) is 4.79 Å². The third kappa shape index (κ3) is 2.98. The van der Waals surface area contributed by atoms with Crippen LogP contribution < -0.4 is 5.32 Å². The van der Waals surface area contributed by atoms with Crippen LogP contribution in [-0.4, -0.2) is 11.9 Å². The molecule has 2 rings (SSSR count). The molecule has 1 aliphatic carbocycles. The molecule has 0 aromatic carbocycles. The minimum atomic E-state index is -0.234. The van der Waals surface area contributed by atoms with Gasteiger partial charge in [-0.05, 0) is 48.9 Å². The van der Waals surface area contributed by atoms with Crippen LogP contribution in [0.4, 0.5) is 0 Å². The average Bonchev–Trinajstić information content (AvgIpc) is 2.37. The van der Waals surface area contributed by atoms with E-state index in [1.807, 2.05) is 0 Å². The van der Waals surface area contributed by atoms with Gasteiger partial charge in [0.1, 0.15) is 0 Å². The van der Waals surface area contributed by atoms with Gasteiger partial charge in [-0.2, -0.15) is 0 Å². The lowest BCUT2D eigenvalue weighted by atomic mass is 9.65. The van der Waals surface area contributed by atoms with Crippen molar-refractivity contribution >= 4 is 5.91 Å². The fourth-order valence-electron chi connectivity index (χ4n) is 4.81. The summed E-state index contributed by atoms with van der Waals surface area (Å²) < 4.78 is 0. The van der Waals surface area contributed by atoms with E-state index < -0.39 is 0 Å². The summed E-state index contributed by atoms with van der Waals surface area (Å²) >= 11 is 0. The van der Waals surface area contributed by atoms with E-state index in [2.05, 4.69) is 46.9 Å². The van der Waals surface area contributed by atoms with Gasteiger partial charge < -0.3 is 5.32 Å². The SMILES string of the molecule is CC1CC(C)CC2C(C1)NC(=O)C(C)(C)CC2(C)C. The van der Waals surface area contributed by atoms with Gasteiger partial charge in [0, 0.05) is 11.5 Å². The Morgan fingerprint density at radius 1 is 1.00 bits per heavy atom. The molecule has 4 unspecified atom stereocenters. The van der Waals surface area contributed by atoms with Crippen molar-refractivity contribution in [3.63, 3.8) is 0 Å². The highest BCUT2D eigenvalue weighted by molar-refractivity contribution is 5.82. The quantitative estimate of drug-likeness (QED) is 0.704. The summed E-state index contributed by atoms with van der Waals surface area (Å²) in [6, 6.07) is 0.379. The Bertz CT molecular complexity index is 358. The Balaban J connectivity index is 2.34. The first-order valence-corrected chi connectivity index (χ1v) is 7.93. The number of hydrogen-bond donors (Lipinski definition) is 1. The van der Waals surface area contributed by atoms with Crippen molar-refractivity contribution in [2.24, 2.45) is 28.6 Å². The highest BCUT2D eigenvalue weighted by Crippen LogP contribution is 2.48. The van der Waals surface area contributed by atoms with Gasteiger partial charge in [-0.25, -0.2) is 0 Å². The summed E-state index contributed by atoms with van der Waals surface area (Å²) in [5.41, 5.74) is 0.00776. The van der Waals surface area contributed by atoms with Crippen molar-refractivity contribution in [2.45, 2.75) is 73.3 Å². The van der Waals surface area contributed by atoms with Crippen molar-refractivity contribution in [2.75, 3.05) is 0 Å². The van der Waals surface area contributed by atoms with E-state index in [0.717, 1.165) is 24.7 Å². The first-order chi connectivity index (χ1) is 8.62. The first kappa shape index (κ1) is 14.9. The maximum Gasteiger partial charge on any atom is 0.225 e. The molecular formula is C17H31NO. The van der Waals surface area contributed by atoms with Crippen LogP contribution in [0.1, 0.15) is 67.2 Å². The molecule has 0 bridgehead atoms. The Kier molecular flexibility index (Phi) is 3.75. The molecule has 1 saturated heterocycles. The second kappa shape index (κ2) is 4.79. The topological polar surface area (TPSA) is 29.1 Å². The monoisotopic (exact) mass is 265 g/mol. The summed E-state index contributed by atoms with van der Waals surface area (Å²) in [6.07, 6.45) is 4.72.